The van der Waals surface area contributed by atoms with E-state index in [1.807, 2.05) is 18.2 Å². The zero-order valence-electron chi connectivity index (χ0n) is 13.4. The first-order valence-electron chi connectivity index (χ1n) is 7.30. The predicted octanol–water partition coefficient (Wildman–Crippen LogP) is 3.61. The Labute approximate surface area is 139 Å². The van der Waals surface area contributed by atoms with Crippen LogP contribution in [-0.2, 0) is 0 Å². The normalized spacial score (nSPS) is 10.2. The van der Waals surface area contributed by atoms with Crippen molar-refractivity contribution in [2.45, 2.75) is 0 Å². The Bertz CT molecular complexity index is 830. The van der Waals surface area contributed by atoms with E-state index in [2.05, 4.69) is 15.3 Å². The van der Waals surface area contributed by atoms with Crippen molar-refractivity contribution in [3.05, 3.63) is 54.7 Å². The summed E-state index contributed by atoms with van der Waals surface area (Å²) < 4.78 is 10.5. The van der Waals surface area contributed by atoms with Crippen LogP contribution in [0.5, 0.6) is 17.2 Å². The number of phenolic OH excluding ortho intramolecular Hbond substituents is 1. The molecule has 2 N–H and O–H groups in total. The fourth-order valence-electron chi connectivity index (χ4n) is 2.25. The molecular formula is C18H17N3O3. The van der Waals surface area contributed by atoms with Gasteiger partial charge in [-0.15, -0.1) is 0 Å². The first kappa shape index (κ1) is 15.6. The number of ether oxygens (including phenoxy) is 2. The highest BCUT2D eigenvalue weighted by Crippen LogP contribution is 2.28. The Balaban J connectivity index is 1.90. The number of hydrogen-bond acceptors (Lipinski definition) is 6. The molecule has 0 amide bonds. The molecule has 1 aromatic heterocycles. The van der Waals surface area contributed by atoms with Crippen molar-refractivity contribution in [1.29, 1.82) is 0 Å². The lowest BCUT2D eigenvalue weighted by Gasteiger charge is -2.10. The summed E-state index contributed by atoms with van der Waals surface area (Å²) >= 11 is 0. The third-order valence-corrected chi connectivity index (χ3v) is 3.41. The lowest BCUT2D eigenvalue weighted by molar-refractivity contribution is 0.395. The third-order valence-electron chi connectivity index (χ3n) is 3.41. The highest BCUT2D eigenvalue weighted by Gasteiger charge is 2.06. The number of aromatic hydroxyl groups is 1. The van der Waals surface area contributed by atoms with Crippen molar-refractivity contribution in [2.75, 3.05) is 19.5 Å². The first-order valence-corrected chi connectivity index (χ1v) is 7.30. The Morgan fingerprint density at radius 1 is 0.958 bits per heavy atom. The van der Waals surface area contributed by atoms with Gasteiger partial charge in [-0.05, 0) is 18.2 Å². The molecule has 3 aromatic rings. The molecule has 0 radical (unpaired) electrons. The minimum Gasteiger partial charge on any atom is -0.508 e. The van der Waals surface area contributed by atoms with E-state index in [0.717, 1.165) is 11.3 Å². The van der Waals surface area contributed by atoms with E-state index in [4.69, 9.17) is 9.47 Å². The van der Waals surface area contributed by atoms with E-state index in [9.17, 15) is 5.11 Å². The molecule has 0 aliphatic heterocycles. The predicted molar refractivity (Wildman–Crippen MR) is 92.0 cm³/mol. The summed E-state index contributed by atoms with van der Waals surface area (Å²) in [6, 6.07) is 14.1. The van der Waals surface area contributed by atoms with Crippen LogP contribution in [0, 0.1) is 0 Å². The quantitative estimate of drug-likeness (QED) is 0.747. The molecule has 0 atom stereocenters. The van der Waals surface area contributed by atoms with Crippen molar-refractivity contribution in [2.24, 2.45) is 0 Å². The summed E-state index contributed by atoms with van der Waals surface area (Å²) in [5, 5.41) is 12.7. The highest BCUT2D eigenvalue weighted by atomic mass is 16.5. The van der Waals surface area contributed by atoms with E-state index in [1.54, 1.807) is 50.7 Å². The van der Waals surface area contributed by atoms with Crippen LogP contribution in [0.4, 0.5) is 11.6 Å². The standard InChI is InChI=1S/C18H17N3O3/c1-23-15-9-13(10-16(11-15)24-2)20-18-19-7-6-17(21-18)12-4-3-5-14(22)8-12/h3-11,22H,1-2H3,(H,19,20,21). The van der Waals surface area contributed by atoms with Crippen molar-refractivity contribution in [3.63, 3.8) is 0 Å². The van der Waals surface area contributed by atoms with Crippen molar-refractivity contribution in [3.8, 4) is 28.5 Å². The smallest absolute Gasteiger partial charge is 0.227 e. The summed E-state index contributed by atoms with van der Waals surface area (Å²) in [4.78, 5) is 8.70. The maximum Gasteiger partial charge on any atom is 0.227 e. The second-order valence-electron chi connectivity index (χ2n) is 5.04. The zero-order valence-corrected chi connectivity index (χ0v) is 13.4. The van der Waals surface area contributed by atoms with Gasteiger partial charge in [0.15, 0.2) is 0 Å². The Morgan fingerprint density at radius 3 is 2.38 bits per heavy atom. The van der Waals surface area contributed by atoms with Crippen LogP contribution in [0.15, 0.2) is 54.7 Å². The largest absolute Gasteiger partial charge is 0.508 e. The molecule has 0 unspecified atom stereocenters. The highest BCUT2D eigenvalue weighted by molar-refractivity contribution is 5.64. The minimum atomic E-state index is 0.193. The van der Waals surface area contributed by atoms with Gasteiger partial charge in [0.25, 0.3) is 0 Å². The lowest BCUT2D eigenvalue weighted by atomic mass is 10.1. The van der Waals surface area contributed by atoms with E-state index >= 15 is 0 Å². The average molecular weight is 323 g/mol. The first-order chi connectivity index (χ1) is 11.7. The number of hydrogen-bond donors (Lipinski definition) is 2. The topological polar surface area (TPSA) is 76.5 Å². The Hall–Kier alpha value is -3.28. The molecule has 6 heteroatoms. The van der Waals surface area contributed by atoms with Gasteiger partial charge in [0.2, 0.25) is 5.95 Å². The number of phenols is 1. The third kappa shape index (κ3) is 3.55. The minimum absolute atomic E-state index is 0.193. The second kappa shape index (κ2) is 6.87. The Kier molecular flexibility index (Phi) is 4.47. The van der Waals surface area contributed by atoms with E-state index in [1.165, 1.54) is 0 Å². The van der Waals surface area contributed by atoms with Gasteiger partial charge < -0.3 is 19.9 Å². The molecule has 24 heavy (non-hydrogen) atoms. The van der Waals surface area contributed by atoms with Gasteiger partial charge in [-0.3, -0.25) is 0 Å². The maximum absolute atomic E-state index is 9.61. The summed E-state index contributed by atoms with van der Waals surface area (Å²) in [7, 11) is 3.19. The number of benzene rings is 2. The van der Waals surface area contributed by atoms with Gasteiger partial charge in [-0.2, -0.15) is 0 Å². The number of anilines is 2. The van der Waals surface area contributed by atoms with Crippen LogP contribution in [0.3, 0.4) is 0 Å². The SMILES string of the molecule is COc1cc(Nc2nccc(-c3cccc(O)c3)n2)cc(OC)c1. The van der Waals surface area contributed by atoms with E-state index in [0.29, 0.717) is 23.1 Å². The summed E-state index contributed by atoms with van der Waals surface area (Å²) in [5.74, 6) is 1.96. The fraction of sp³-hybridized carbons (Fsp3) is 0.111. The molecule has 0 saturated heterocycles. The van der Waals surface area contributed by atoms with Crippen LogP contribution in [0.2, 0.25) is 0 Å². The van der Waals surface area contributed by atoms with Crippen molar-refractivity contribution < 1.29 is 14.6 Å². The lowest BCUT2D eigenvalue weighted by Crippen LogP contribution is -1.99. The Morgan fingerprint density at radius 2 is 1.71 bits per heavy atom. The molecule has 1 heterocycles. The average Bonchev–Trinajstić information content (AvgIpc) is 2.61. The summed E-state index contributed by atoms with van der Waals surface area (Å²) in [6.45, 7) is 0. The number of rotatable bonds is 5. The van der Waals surface area contributed by atoms with Crippen LogP contribution in [0.1, 0.15) is 0 Å². The number of methoxy groups -OCH3 is 2. The number of nitrogens with one attached hydrogen (secondary N) is 1. The summed E-state index contributed by atoms with van der Waals surface area (Å²) in [6.07, 6.45) is 1.66. The number of nitrogens with zero attached hydrogens (tertiary/aromatic N) is 2. The van der Waals surface area contributed by atoms with Crippen LogP contribution in [0.25, 0.3) is 11.3 Å². The molecule has 3 rings (SSSR count). The van der Waals surface area contributed by atoms with Gasteiger partial charge in [0.05, 0.1) is 19.9 Å². The summed E-state index contributed by atoms with van der Waals surface area (Å²) in [5.41, 5.74) is 2.26. The molecule has 0 fully saturated rings. The van der Waals surface area contributed by atoms with Gasteiger partial charge >= 0.3 is 0 Å². The molecule has 6 nitrogen and oxygen atoms in total. The molecule has 122 valence electrons. The van der Waals surface area contributed by atoms with Crippen LogP contribution in [-0.4, -0.2) is 29.3 Å². The van der Waals surface area contributed by atoms with Gasteiger partial charge in [-0.1, -0.05) is 12.1 Å². The molecule has 0 bridgehead atoms. The van der Waals surface area contributed by atoms with Crippen molar-refractivity contribution >= 4 is 11.6 Å². The van der Waals surface area contributed by atoms with Gasteiger partial charge in [0, 0.05) is 35.6 Å². The molecule has 0 aliphatic rings. The monoisotopic (exact) mass is 323 g/mol. The molecular weight excluding hydrogens is 306 g/mol. The van der Waals surface area contributed by atoms with Crippen molar-refractivity contribution in [1.82, 2.24) is 9.97 Å². The zero-order chi connectivity index (χ0) is 16.9. The maximum atomic E-state index is 9.61. The van der Waals surface area contributed by atoms with Gasteiger partial charge in [0.1, 0.15) is 17.2 Å². The van der Waals surface area contributed by atoms with Crippen LogP contribution < -0.4 is 14.8 Å². The molecule has 0 aliphatic carbocycles. The molecule has 2 aromatic carbocycles. The number of aromatic nitrogens is 2. The second-order valence-corrected chi connectivity index (χ2v) is 5.04. The van der Waals surface area contributed by atoms with E-state index < -0.39 is 0 Å². The van der Waals surface area contributed by atoms with Crippen LogP contribution >= 0.6 is 0 Å². The van der Waals surface area contributed by atoms with Gasteiger partial charge in [-0.25, -0.2) is 9.97 Å². The fourth-order valence-corrected chi connectivity index (χ4v) is 2.25. The van der Waals surface area contributed by atoms with E-state index in [-0.39, 0.29) is 5.75 Å². The molecule has 0 spiro atoms. The molecule has 0 saturated carbocycles.